The average Bonchev–Trinajstić information content (AvgIpc) is 3.34. The van der Waals surface area contributed by atoms with Gasteiger partial charge in [-0.2, -0.15) is 0 Å². The molecule has 1 heterocycles. The fourth-order valence-electron chi connectivity index (χ4n) is 2.76. The number of amides is 2. The molecule has 1 aliphatic carbocycles. The lowest BCUT2D eigenvalue weighted by Gasteiger charge is -2.32. The number of anilines is 1. The SMILES string of the molecule is O=C(Nc1ccc(F)cc1)C1CCCN(C(=O)C2CC2)C1. The number of likely N-dealkylation sites (tertiary alicyclic amines) is 1. The Morgan fingerprint density at radius 3 is 2.48 bits per heavy atom. The summed E-state index contributed by atoms with van der Waals surface area (Å²) in [7, 11) is 0. The van der Waals surface area contributed by atoms with E-state index in [1.54, 1.807) is 12.1 Å². The van der Waals surface area contributed by atoms with E-state index in [0.29, 0.717) is 12.2 Å². The fraction of sp³-hybridized carbons (Fsp3) is 0.500. The smallest absolute Gasteiger partial charge is 0.229 e. The van der Waals surface area contributed by atoms with Crippen LogP contribution in [0.3, 0.4) is 0 Å². The van der Waals surface area contributed by atoms with Crippen LogP contribution in [0.2, 0.25) is 0 Å². The summed E-state index contributed by atoms with van der Waals surface area (Å²) in [5.41, 5.74) is 0.590. The van der Waals surface area contributed by atoms with E-state index >= 15 is 0 Å². The lowest BCUT2D eigenvalue weighted by molar-refractivity contribution is -0.135. The van der Waals surface area contributed by atoms with Crippen molar-refractivity contribution in [1.29, 1.82) is 0 Å². The molecule has 1 N–H and O–H groups in total. The van der Waals surface area contributed by atoms with Crippen LogP contribution in [0.1, 0.15) is 25.7 Å². The van der Waals surface area contributed by atoms with Crippen LogP contribution in [0.4, 0.5) is 10.1 Å². The molecule has 1 atom stereocenters. The molecule has 21 heavy (non-hydrogen) atoms. The van der Waals surface area contributed by atoms with Gasteiger partial charge in [-0.25, -0.2) is 4.39 Å². The van der Waals surface area contributed by atoms with Crippen LogP contribution in [-0.4, -0.2) is 29.8 Å². The molecule has 2 amide bonds. The summed E-state index contributed by atoms with van der Waals surface area (Å²) in [6, 6.07) is 5.73. The highest BCUT2D eigenvalue weighted by Gasteiger charge is 2.36. The van der Waals surface area contributed by atoms with Gasteiger partial charge in [-0.15, -0.1) is 0 Å². The lowest BCUT2D eigenvalue weighted by Crippen LogP contribution is -2.44. The number of carbonyl (C=O) groups is 2. The first-order valence-corrected chi connectivity index (χ1v) is 7.49. The zero-order chi connectivity index (χ0) is 14.8. The number of hydrogen-bond acceptors (Lipinski definition) is 2. The monoisotopic (exact) mass is 290 g/mol. The number of rotatable bonds is 3. The standard InChI is InChI=1S/C16H19FN2O2/c17-13-5-7-14(8-6-13)18-15(20)12-2-1-9-19(10-12)16(21)11-3-4-11/h5-8,11-12H,1-4,9-10H2,(H,18,20). The van der Waals surface area contributed by atoms with Crippen molar-refractivity contribution in [3.05, 3.63) is 30.1 Å². The molecule has 2 aliphatic rings. The first kappa shape index (κ1) is 14.0. The quantitative estimate of drug-likeness (QED) is 0.929. The van der Waals surface area contributed by atoms with Crippen molar-refractivity contribution in [3.63, 3.8) is 0 Å². The molecule has 5 heteroatoms. The average molecular weight is 290 g/mol. The number of nitrogens with zero attached hydrogens (tertiary/aromatic N) is 1. The Morgan fingerprint density at radius 1 is 1.10 bits per heavy atom. The molecular formula is C16H19FN2O2. The van der Waals surface area contributed by atoms with Gasteiger partial charge in [0.25, 0.3) is 0 Å². The van der Waals surface area contributed by atoms with E-state index in [2.05, 4.69) is 5.32 Å². The number of carbonyl (C=O) groups excluding carboxylic acids is 2. The molecule has 0 aromatic heterocycles. The highest BCUT2D eigenvalue weighted by molar-refractivity contribution is 5.93. The Morgan fingerprint density at radius 2 is 1.81 bits per heavy atom. The van der Waals surface area contributed by atoms with Gasteiger partial charge in [0.05, 0.1) is 5.92 Å². The van der Waals surface area contributed by atoms with Gasteiger partial charge in [0, 0.05) is 24.7 Å². The molecule has 2 fully saturated rings. The van der Waals surface area contributed by atoms with Crippen LogP contribution in [0.15, 0.2) is 24.3 Å². The zero-order valence-corrected chi connectivity index (χ0v) is 11.8. The predicted octanol–water partition coefficient (Wildman–Crippen LogP) is 2.41. The van der Waals surface area contributed by atoms with E-state index in [9.17, 15) is 14.0 Å². The van der Waals surface area contributed by atoms with Gasteiger partial charge in [-0.3, -0.25) is 9.59 Å². The van der Waals surface area contributed by atoms with Crippen LogP contribution in [0, 0.1) is 17.7 Å². The van der Waals surface area contributed by atoms with E-state index in [0.717, 1.165) is 32.2 Å². The minimum absolute atomic E-state index is 0.0881. The molecule has 0 bridgehead atoms. The maximum Gasteiger partial charge on any atom is 0.229 e. The van der Waals surface area contributed by atoms with Gasteiger partial charge in [-0.05, 0) is 49.9 Å². The Bertz CT molecular complexity index is 540. The molecule has 1 saturated heterocycles. The van der Waals surface area contributed by atoms with Crippen LogP contribution in [0.25, 0.3) is 0 Å². The molecular weight excluding hydrogens is 271 g/mol. The van der Waals surface area contributed by atoms with Crippen molar-refractivity contribution in [3.8, 4) is 0 Å². The van der Waals surface area contributed by atoms with Gasteiger partial charge < -0.3 is 10.2 Å². The summed E-state index contributed by atoms with van der Waals surface area (Å²) in [6.07, 6.45) is 3.63. The molecule has 1 aromatic rings. The third-order valence-corrected chi connectivity index (χ3v) is 4.14. The second kappa shape index (κ2) is 5.84. The van der Waals surface area contributed by atoms with Crippen molar-refractivity contribution in [2.24, 2.45) is 11.8 Å². The maximum absolute atomic E-state index is 12.8. The number of nitrogens with one attached hydrogen (secondary N) is 1. The van der Waals surface area contributed by atoms with E-state index in [-0.39, 0.29) is 29.5 Å². The van der Waals surface area contributed by atoms with Gasteiger partial charge in [0.1, 0.15) is 5.82 Å². The third kappa shape index (κ3) is 3.40. The number of hydrogen-bond donors (Lipinski definition) is 1. The van der Waals surface area contributed by atoms with Crippen LogP contribution < -0.4 is 5.32 Å². The second-order valence-corrected chi connectivity index (χ2v) is 5.89. The first-order chi connectivity index (χ1) is 10.1. The summed E-state index contributed by atoms with van der Waals surface area (Å²) in [5.74, 6) is -0.188. The molecule has 0 spiro atoms. The summed E-state index contributed by atoms with van der Waals surface area (Å²) in [4.78, 5) is 26.2. The largest absolute Gasteiger partial charge is 0.342 e. The Balaban J connectivity index is 1.58. The van der Waals surface area contributed by atoms with Crippen molar-refractivity contribution < 1.29 is 14.0 Å². The van der Waals surface area contributed by atoms with Crippen LogP contribution >= 0.6 is 0 Å². The van der Waals surface area contributed by atoms with Crippen molar-refractivity contribution in [1.82, 2.24) is 4.90 Å². The first-order valence-electron chi connectivity index (χ1n) is 7.49. The Labute approximate surface area is 123 Å². The molecule has 4 nitrogen and oxygen atoms in total. The number of halogens is 1. The van der Waals surface area contributed by atoms with Gasteiger partial charge in [0.2, 0.25) is 11.8 Å². The summed E-state index contributed by atoms with van der Waals surface area (Å²) in [6.45, 7) is 1.26. The summed E-state index contributed by atoms with van der Waals surface area (Å²) >= 11 is 0. The number of piperidine rings is 1. The molecule has 0 radical (unpaired) electrons. The highest BCUT2D eigenvalue weighted by Crippen LogP contribution is 2.32. The van der Waals surface area contributed by atoms with E-state index in [4.69, 9.17) is 0 Å². The van der Waals surface area contributed by atoms with Crippen molar-refractivity contribution in [2.75, 3.05) is 18.4 Å². The molecule has 1 unspecified atom stereocenters. The van der Waals surface area contributed by atoms with Gasteiger partial charge in [0.15, 0.2) is 0 Å². The van der Waals surface area contributed by atoms with Crippen LogP contribution in [-0.2, 0) is 9.59 Å². The Hall–Kier alpha value is -1.91. The molecule has 1 saturated carbocycles. The van der Waals surface area contributed by atoms with Gasteiger partial charge >= 0.3 is 0 Å². The summed E-state index contributed by atoms with van der Waals surface area (Å²) < 4.78 is 12.8. The maximum atomic E-state index is 12.8. The minimum Gasteiger partial charge on any atom is -0.342 e. The molecule has 1 aromatic carbocycles. The van der Waals surface area contributed by atoms with Gasteiger partial charge in [-0.1, -0.05) is 0 Å². The summed E-state index contributed by atoms with van der Waals surface area (Å²) in [5, 5.41) is 2.80. The normalized spacial score (nSPS) is 22.0. The number of benzene rings is 1. The topological polar surface area (TPSA) is 49.4 Å². The zero-order valence-electron chi connectivity index (χ0n) is 11.8. The fourth-order valence-corrected chi connectivity index (χ4v) is 2.76. The van der Waals surface area contributed by atoms with E-state index in [1.165, 1.54) is 12.1 Å². The van der Waals surface area contributed by atoms with E-state index in [1.807, 2.05) is 4.90 Å². The van der Waals surface area contributed by atoms with Crippen molar-refractivity contribution >= 4 is 17.5 Å². The second-order valence-electron chi connectivity index (χ2n) is 5.89. The van der Waals surface area contributed by atoms with E-state index < -0.39 is 0 Å². The minimum atomic E-state index is -0.327. The molecule has 112 valence electrons. The molecule has 1 aliphatic heterocycles. The Kier molecular flexibility index (Phi) is 3.90. The lowest BCUT2D eigenvalue weighted by atomic mass is 9.96. The predicted molar refractivity (Wildman–Crippen MR) is 77.1 cm³/mol. The third-order valence-electron chi connectivity index (χ3n) is 4.14. The highest BCUT2D eigenvalue weighted by atomic mass is 19.1. The van der Waals surface area contributed by atoms with Crippen LogP contribution in [0.5, 0.6) is 0 Å². The van der Waals surface area contributed by atoms with Crippen molar-refractivity contribution in [2.45, 2.75) is 25.7 Å². The molecule has 3 rings (SSSR count).